The number of nitrogens with zero attached hydrogens (tertiary/aromatic N) is 1. The Labute approximate surface area is 59.3 Å². The lowest BCUT2D eigenvalue weighted by Gasteiger charge is -2.03. The summed E-state index contributed by atoms with van der Waals surface area (Å²) in [4.78, 5) is 22.7. The van der Waals surface area contributed by atoms with E-state index in [2.05, 4.69) is 7.05 Å². The maximum atomic E-state index is 10.9. The Morgan fingerprint density at radius 3 is 1.50 bits per heavy atom. The van der Waals surface area contributed by atoms with Crippen LogP contribution < -0.4 is 0 Å². The smallest absolute Gasteiger partial charge is 0.256 e. The third-order valence-corrected chi connectivity index (χ3v) is 1.69. The second-order valence-electron chi connectivity index (χ2n) is 2.29. The molecular weight excluding hydrogens is 130 g/mol. The molecule has 1 rings (SSSR count). The molecule has 0 aromatic carbocycles. The van der Waals surface area contributed by atoms with Crippen molar-refractivity contribution < 1.29 is 9.59 Å². The Balaban J connectivity index is 3.11. The second-order valence-corrected chi connectivity index (χ2v) is 2.29. The predicted octanol–water partition coefficient (Wildman–Crippen LogP) is 0.483. The SMILES string of the molecule is [CH2]N1C(=O)C(C)=C(C)C1=O. The summed E-state index contributed by atoms with van der Waals surface area (Å²) in [5, 5.41) is 0. The van der Waals surface area contributed by atoms with Crippen molar-refractivity contribution in [2.24, 2.45) is 0 Å². The average molecular weight is 138 g/mol. The molecule has 0 saturated carbocycles. The summed E-state index contributed by atoms with van der Waals surface area (Å²) in [5.41, 5.74) is 1.00. The molecule has 1 radical (unpaired) electrons. The van der Waals surface area contributed by atoms with E-state index in [9.17, 15) is 9.59 Å². The first-order valence-corrected chi connectivity index (χ1v) is 2.92. The lowest BCUT2D eigenvalue weighted by molar-refractivity contribution is -0.134. The minimum Gasteiger partial charge on any atom is -0.273 e. The van der Waals surface area contributed by atoms with E-state index in [1.165, 1.54) is 0 Å². The van der Waals surface area contributed by atoms with E-state index in [-0.39, 0.29) is 11.8 Å². The fraction of sp³-hybridized carbons (Fsp3) is 0.286. The predicted molar refractivity (Wildman–Crippen MR) is 35.6 cm³/mol. The van der Waals surface area contributed by atoms with Gasteiger partial charge in [-0.3, -0.25) is 14.5 Å². The normalized spacial score (nSPS) is 19.3. The first kappa shape index (κ1) is 6.99. The zero-order chi connectivity index (χ0) is 7.89. The fourth-order valence-electron chi connectivity index (χ4n) is 0.818. The Morgan fingerprint density at radius 2 is 1.40 bits per heavy atom. The maximum absolute atomic E-state index is 10.9. The highest BCUT2D eigenvalue weighted by atomic mass is 16.2. The van der Waals surface area contributed by atoms with Crippen LogP contribution in [-0.2, 0) is 9.59 Å². The molecule has 0 saturated heterocycles. The van der Waals surface area contributed by atoms with Gasteiger partial charge in [0.25, 0.3) is 11.8 Å². The van der Waals surface area contributed by atoms with Crippen LogP contribution in [0.15, 0.2) is 11.1 Å². The van der Waals surface area contributed by atoms with Gasteiger partial charge in [-0.2, -0.15) is 0 Å². The first-order chi connectivity index (χ1) is 4.55. The summed E-state index contributed by atoms with van der Waals surface area (Å²) in [5.74, 6) is -0.579. The van der Waals surface area contributed by atoms with Crippen LogP contribution in [0, 0.1) is 7.05 Å². The zero-order valence-electron chi connectivity index (χ0n) is 5.97. The van der Waals surface area contributed by atoms with E-state index >= 15 is 0 Å². The van der Waals surface area contributed by atoms with Gasteiger partial charge in [0, 0.05) is 18.2 Å². The van der Waals surface area contributed by atoms with Crippen LogP contribution >= 0.6 is 0 Å². The summed E-state index contributed by atoms with van der Waals surface area (Å²) >= 11 is 0. The van der Waals surface area contributed by atoms with Crippen LogP contribution in [0.25, 0.3) is 0 Å². The van der Waals surface area contributed by atoms with Crippen molar-refractivity contribution in [3.05, 3.63) is 18.2 Å². The maximum Gasteiger partial charge on any atom is 0.256 e. The van der Waals surface area contributed by atoms with Gasteiger partial charge >= 0.3 is 0 Å². The molecule has 3 nitrogen and oxygen atoms in total. The van der Waals surface area contributed by atoms with Gasteiger partial charge in [0.1, 0.15) is 0 Å². The van der Waals surface area contributed by atoms with Crippen molar-refractivity contribution >= 4 is 11.8 Å². The molecule has 0 atom stereocenters. The van der Waals surface area contributed by atoms with E-state index in [1.54, 1.807) is 13.8 Å². The molecule has 0 aromatic heterocycles. The van der Waals surface area contributed by atoms with Gasteiger partial charge in [-0.15, -0.1) is 0 Å². The highest BCUT2D eigenvalue weighted by molar-refractivity contribution is 6.18. The van der Waals surface area contributed by atoms with E-state index < -0.39 is 0 Å². The van der Waals surface area contributed by atoms with Gasteiger partial charge in [-0.1, -0.05) is 0 Å². The molecule has 10 heavy (non-hydrogen) atoms. The van der Waals surface area contributed by atoms with Crippen molar-refractivity contribution in [3.63, 3.8) is 0 Å². The Kier molecular flexibility index (Phi) is 1.35. The van der Waals surface area contributed by atoms with Crippen LogP contribution in [0.3, 0.4) is 0 Å². The Hall–Kier alpha value is -1.12. The quantitative estimate of drug-likeness (QED) is 0.456. The molecular formula is C7H8NO2. The number of amides is 2. The lowest BCUT2D eigenvalue weighted by Crippen LogP contribution is -2.24. The standard InChI is InChI=1S/C7H8NO2/c1-4-5(2)7(10)8(3)6(4)9/h3H2,1-2H3. The van der Waals surface area contributed by atoms with Crippen molar-refractivity contribution in [2.45, 2.75) is 13.8 Å². The molecule has 0 fully saturated rings. The van der Waals surface area contributed by atoms with Crippen molar-refractivity contribution in [2.75, 3.05) is 0 Å². The number of rotatable bonds is 0. The second kappa shape index (κ2) is 1.94. The van der Waals surface area contributed by atoms with Gasteiger partial charge in [-0.25, -0.2) is 0 Å². The summed E-state index contributed by atoms with van der Waals surface area (Å²) < 4.78 is 0. The van der Waals surface area contributed by atoms with Crippen LogP contribution in [0.2, 0.25) is 0 Å². The van der Waals surface area contributed by atoms with Crippen LogP contribution in [0.4, 0.5) is 0 Å². The minimum atomic E-state index is -0.289. The molecule has 0 bridgehead atoms. The zero-order valence-corrected chi connectivity index (χ0v) is 5.97. The molecule has 0 aliphatic carbocycles. The van der Waals surface area contributed by atoms with Crippen molar-refractivity contribution in [3.8, 4) is 0 Å². The minimum absolute atomic E-state index is 0.289. The van der Waals surface area contributed by atoms with Crippen molar-refractivity contribution in [1.29, 1.82) is 0 Å². The van der Waals surface area contributed by atoms with Crippen LogP contribution in [0.1, 0.15) is 13.8 Å². The van der Waals surface area contributed by atoms with E-state index in [4.69, 9.17) is 0 Å². The molecule has 0 spiro atoms. The van der Waals surface area contributed by atoms with Gasteiger partial charge in [0.15, 0.2) is 0 Å². The average Bonchev–Trinajstić information content (AvgIpc) is 2.07. The van der Waals surface area contributed by atoms with Gasteiger partial charge < -0.3 is 0 Å². The molecule has 3 heteroatoms. The molecule has 0 aromatic rings. The first-order valence-electron chi connectivity index (χ1n) is 2.92. The molecule has 1 aliphatic rings. The number of imide groups is 1. The van der Waals surface area contributed by atoms with E-state index in [0.717, 1.165) is 4.90 Å². The van der Waals surface area contributed by atoms with E-state index in [1.807, 2.05) is 0 Å². The van der Waals surface area contributed by atoms with Gasteiger partial charge in [-0.05, 0) is 13.8 Å². The van der Waals surface area contributed by atoms with E-state index in [0.29, 0.717) is 11.1 Å². The molecule has 2 amide bonds. The molecule has 1 heterocycles. The number of carbonyl (C=O) groups is 2. The monoisotopic (exact) mass is 138 g/mol. The Morgan fingerprint density at radius 1 is 1.10 bits per heavy atom. The number of hydrogen-bond donors (Lipinski definition) is 0. The Bertz CT molecular complexity index is 216. The summed E-state index contributed by atoms with van der Waals surface area (Å²) in [6.07, 6.45) is 0. The molecule has 0 N–H and O–H groups in total. The highest BCUT2D eigenvalue weighted by Gasteiger charge is 2.29. The summed E-state index contributed by atoms with van der Waals surface area (Å²) in [6.45, 7) is 3.25. The third-order valence-electron chi connectivity index (χ3n) is 1.69. The van der Waals surface area contributed by atoms with Crippen molar-refractivity contribution in [1.82, 2.24) is 4.90 Å². The van der Waals surface area contributed by atoms with Crippen LogP contribution in [-0.4, -0.2) is 16.7 Å². The molecule has 53 valence electrons. The molecule has 0 unspecified atom stereocenters. The van der Waals surface area contributed by atoms with Gasteiger partial charge in [0.2, 0.25) is 0 Å². The summed E-state index contributed by atoms with van der Waals surface area (Å²) in [7, 11) is 3.29. The topological polar surface area (TPSA) is 37.4 Å². The fourth-order valence-corrected chi connectivity index (χ4v) is 0.818. The molecule has 1 aliphatic heterocycles. The van der Waals surface area contributed by atoms with Crippen LogP contribution in [0.5, 0.6) is 0 Å². The summed E-state index contributed by atoms with van der Waals surface area (Å²) in [6, 6.07) is 0. The largest absolute Gasteiger partial charge is 0.273 e. The third kappa shape index (κ3) is 0.667. The number of hydrogen-bond acceptors (Lipinski definition) is 2. The highest BCUT2D eigenvalue weighted by Crippen LogP contribution is 2.17. The van der Waals surface area contributed by atoms with Gasteiger partial charge in [0.05, 0.1) is 0 Å². The lowest BCUT2D eigenvalue weighted by atomic mass is 10.2. The number of carbonyl (C=O) groups excluding carboxylic acids is 2.